The normalized spacial score (nSPS) is 11.4. The molecule has 0 unspecified atom stereocenters. The van der Waals surface area contributed by atoms with Gasteiger partial charge in [0.05, 0.1) is 5.71 Å². The fraction of sp³-hybridized carbons (Fsp3) is 0.100. The second kappa shape index (κ2) is 4.23. The Balaban J connectivity index is 2.90. The van der Waals surface area contributed by atoms with Crippen LogP contribution in [0.15, 0.2) is 40.5 Å². The minimum atomic E-state index is 0.438. The van der Waals surface area contributed by atoms with Crippen LogP contribution in [-0.4, -0.2) is 5.71 Å². The zero-order valence-corrected chi connectivity index (χ0v) is 8.93. The molecule has 0 aliphatic rings. The Morgan fingerprint density at radius 2 is 1.92 bits per heavy atom. The molecular formula is C10H11BrN2. The van der Waals surface area contributed by atoms with Gasteiger partial charge >= 0.3 is 0 Å². The summed E-state index contributed by atoms with van der Waals surface area (Å²) in [6.07, 6.45) is 1.64. The third-order valence-electron chi connectivity index (χ3n) is 1.53. The molecule has 3 heteroatoms. The number of hydrogen-bond donors (Lipinski definition) is 2. The van der Waals surface area contributed by atoms with Crippen molar-refractivity contribution in [2.75, 3.05) is 0 Å². The minimum Gasteiger partial charge on any atom is -0.402 e. The van der Waals surface area contributed by atoms with E-state index in [1.165, 1.54) is 0 Å². The molecule has 0 bridgehead atoms. The van der Waals surface area contributed by atoms with Crippen molar-refractivity contribution < 1.29 is 0 Å². The zero-order chi connectivity index (χ0) is 9.84. The van der Waals surface area contributed by atoms with Gasteiger partial charge in [0.1, 0.15) is 0 Å². The average molecular weight is 239 g/mol. The topological polar surface area (TPSA) is 49.9 Å². The summed E-state index contributed by atoms with van der Waals surface area (Å²) in [7, 11) is 0. The third-order valence-corrected chi connectivity index (χ3v) is 2.06. The largest absolute Gasteiger partial charge is 0.402 e. The lowest BCUT2D eigenvalue weighted by Crippen LogP contribution is -1.99. The van der Waals surface area contributed by atoms with Gasteiger partial charge in [-0.1, -0.05) is 28.1 Å². The van der Waals surface area contributed by atoms with Gasteiger partial charge in [0.2, 0.25) is 0 Å². The van der Waals surface area contributed by atoms with Crippen LogP contribution in [0.4, 0.5) is 0 Å². The van der Waals surface area contributed by atoms with Crippen LogP contribution in [0.3, 0.4) is 0 Å². The molecule has 3 N–H and O–H groups in total. The highest BCUT2D eigenvalue weighted by atomic mass is 79.9. The molecule has 0 fully saturated rings. The van der Waals surface area contributed by atoms with E-state index in [-0.39, 0.29) is 0 Å². The highest BCUT2D eigenvalue weighted by Gasteiger charge is 1.96. The first-order valence-electron chi connectivity index (χ1n) is 3.88. The van der Waals surface area contributed by atoms with Gasteiger partial charge in [-0.3, -0.25) is 0 Å². The minimum absolute atomic E-state index is 0.438. The van der Waals surface area contributed by atoms with Crippen molar-refractivity contribution in [2.45, 2.75) is 6.92 Å². The highest BCUT2D eigenvalue weighted by molar-refractivity contribution is 9.10. The number of allylic oxidation sites excluding steroid dienone is 2. The number of benzene rings is 1. The van der Waals surface area contributed by atoms with Gasteiger partial charge in [-0.2, -0.15) is 0 Å². The molecule has 13 heavy (non-hydrogen) atoms. The molecule has 1 rings (SSSR count). The van der Waals surface area contributed by atoms with E-state index in [0.29, 0.717) is 11.4 Å². The number of rotatable bonds is 2. The summed E-state index contributed by atoms with van der Waals surface area (Å²) in [5.41, 5.74) is 7.42. The van der Waals surface area contributed by atoms with Crippen molar-refractivity contribution in [3.05, 3.63) is 46.1 Å². The van der Waals surface area contributed by atoms with E-state index >= 15 is 0 Å². The molecule has 0 saturated carbocycles. The summed E-state index contributed by atoms with van der Waals surface area (Å²) < 4.78 is 1.01. The monoisotopic (exact) mass is 238 g/mol. The fourth-order valence-electron chi connectivity index (χ4n) is 0.940. The predicted molar refractivity (Wildman–Crippen MR) is 58.9 cm³/mol. The number of nitrogens with one attached hydrogen (secondary N) is 1. The molecule has 2 nitrogen and oxygen atoms in total. The van der Waals surface area contributed by atoms with Crippen molar-refractivity contribution >= 4 is 21.6 Å². The summed E-state index contributed by atoms with van der Waals surface area (Å²) >= 11 is 3.33. The van der Waals surface area contributed by atoms with Crippen LogP contribution >= 0.6 is 15.9 Å². The molecule has 1 aromatic rings. The standard InChI is InChI=1S/C10H11BrN2/c1-7(12)6-10(13)8-2-4-9(11)5-3-8/h2-6,13H,12H2,1H3/b7-6-,13-10?. The number of halogens is 1. The van der Waals surface area contributed by atoms with Crippen molar-refractivity contribution in [3.63, 3.8) is 0 Å². The van der Waals surface area contributed by atoms with E-state index in [1.807, 2.05) is 24.3 Å². The van der Waals surface area contributed by atoms with Crippen LogP contribution in [0.2, 0.25) is 0 Å². The lowest BCUT2D eigenvalue weighted by Gasteiger charge is -1.99. The Bertz CT molecular complexity index is 334. The molecule has 1 aromatic carbocycles. The van der Waals surface area contributed by atoms with Crippen LogP contribution in [0.5, 0.6) is 0 Å². The Morgan fingerprint density at radius 1 is 1.38 bits per heavy atom. The van der Waals surface area contributed by atoms with Gasteiger partial charge in [-0.25, -0.2) is 0 Å². The van der Waals surface area contributed by atoms with Crippen molar-refractivity contribution in [2.24, 2.45) is 5.73 Å². The lowest BCUT2D eigenvalue weighted by molar-refractivity contribution is 1.32. The summed E-state index contributed by atoms with van der Waals surface area (Å²) in [4.78, 5) is 0. The van der Waals surface area contributed by atoms with E-state index in [0.717, 1.165) is 10.0 Å². The van der Waals surface area contributed by atoms with Gasteiger partial charge in [0.25, 0.3) is 0 Å². The van der Waals surface area contributed by atoms with E-state index in [2.05, 4.69) is 15.9 Å². The summed E-state index contributed by atoms with van der Waals surface area (Å²) in [5, 5.41) is 7.66. The van der Waals surface area contributed by atoms with Crippen molar-refractivity contribution in [3.8, 4) is 0 Å². The first kappa shape index (κ1) is 9.99. The van der Waals surface area contributed by atoms with Gasteiger partial charge in [-0.15, -0.1) is 0 Å². The molecule has 0 spiro atoms. The van der Waals surface area contributed by atoms with Gasteiger partial charge in [0, 0.05) is 10.2 Å². The van der Waals surface area contributed by atoms with Crippen LogP contribution in [-0.2, 0) is 0 Å². The first-order chi connectivity index (χ1) is 6.09. The summed E-state index contributed by atoms with van der Waals surface area (Å²) in [6.45, 7) is 1.77. The Hall–Kier alpha value is -1.09. The van der Waals surface area contributed by atoms with Crippen LogP contribution < -0.4 is 5.73 Å². The van der Waals surface area contributed by atoms with Gasteiger partial charge in [-0.05, 0) is 30.7 Å². The molecule has 68 valence electrons. The van der Waals surface area contributed by atoms with Crippen LogP contribution in [0.1, 0.15) is 12.5 Å². The predicted octanol–water partition coefficient (Wildman–Crippen LogP) is 2.68. The number of nitrogens with two attached hydrogens (primary N) is 1. The molecule has 0 aliphatic carbocycles. The van der Waals surface area contributed by atoms with Crippen LogP contribution in [0, 0.1) is 5.41 Å². The average Bonchev–Trinajstić information content (AvgIpc) is 2.04. The van der Waals surface area contributed by atoms with Crippen LogP contribution in [0.25, 0.3) is 0 Å². The summed E-state index contributed by atoms with van der Waals surface area (Å²) in [5.74, 6) is 0. The molecule has 0 heterocycles. The van der Waals surface area contributed by atoms with Crippen molar-refractivity contribution in [1.29, 1.82) is 5.41 Å². The highest BCUT2D eigenvalue weighted by Crippen LogP contribution is 2.11. The quantitative estimate of drug-likeness (QED) is 0.766. The first-order valence-corrected chi connectivity index (χ1v) is 4.67. The Labute approximate surface area is 86.1 Å². The lowest BCUT2D eigenvalue weighted by atomic mass is 10.1. The van der Waals surface area contributed by atoms with Crippen molar-refractivity contribution in [1.82, 2.24) is 0 Å². The smallest absolute Gasteiger partial charge is 0.0629 e. The molecule has 0 amide bonds. The van der Waals surface area contributed by atoms with Gasteiger partial charge < -0.3 is 11.1 Å². The van der Waals surface area contributed by atoms with E-state index in [9.17, 15) is 0 Å². The maximum atomic E-state index is 7.66. The van der Waals surface area contributed by atoms with Gasteiger partial charge in [0.15, 0.2) is 0 Å². The second-order valence-electron chi connectivity index (χ2n) is 2.81. The molecule has 0 aliphatic heterocycles. The van der Waals surface area contributed by atoms with E-state index in [4.69, 9.17) is 11.1 Å². The maximum absolute atomic E-state index is 7.66. The summed E-state index contributed by atoms with van der Waals surface area (Å²) in [6, 6.07) is 7.57. The number of hydrogen-bond acceptors (Lipinski definition) is 2. The molecule has 0 aromatic heterocycles. The molecule has 0 saturated heterocycles. The fourth-order valence-corrected chi connectivity index (χ4v) is 1.20. The zero-order valence-electron chi connectivity index (χ0n) is 7.34. The van der Waals surface area contributed by atoms with E-state index in [1.54, 1.807) is 13.0 Å². The second-order valence-corrected chi connectivity index (χ2v) is 3.72. The Morgan fingerprint density at radius 3 is 2.38 bits per heavy atom. The molecule has 0 atom stereocenters. The third kappa shape index (κ3) is 3.03. The molecule has 0 radical (unpaired) electrons. The van der Waals surface area contributed by atoms with E-state index < -0.39 is 0 Å². The Kier molecular flexibility index (Phi) is 3.25. The molecular weight excluding hydrogens is 228 g/mol. The SMILES string of the molecule is C/C(N)=C/C(=N)c1ccc(Br)cc1. The maximum Gasteiger partial charge on any atom is 0.0629 e.